The summed E-state index contributed by atoms with van der Waals surface area (Å²) in [6.45, 7) is 8.37. The molecule has 1 saturated heterocycles. The van der Waals surface area contributed by atoms with Crippen LogP contribution in [0.2, 0.25) is 0 Å². The second kappa shape index (κ2) is 10.7. The van der Waals surface area contributed by atoms with Gasteiger partial charge in [-0.3, -0.25) is 4.99 Å². The van der Waals surface area contributed by atoms with Gasteiger partial charge in [-0.1, -0.05) is 19.1 Å². The second-order valence-corrected chi connectivity index (χ2v) is 8.29. The van der Waals surface area contributed by atoms with E-state index < -0.39 is 0 Å². The maximum Gasteiger partial charge on any atom is 0.193 e. The van der Waals surface area contributed by atoms with Gasteiger partial charge >= 0.3 is 0 Å². The molecule has 1 aliphatic rings. The molecule has 6 heteroatoms. The highest BCUT2D eigenvalue weighted by Crippen LogP contribution is 2.34. The molecule has 5 nitrogen and oxygen atoms in total. The standard InChI is InChI=1S/C20H33N3O2S/c1-5-25-18-9-7-17(8-10-18)15-23(4)19(21-3)22-16-20(26-6-2)11-13-24-14-12-20/h7-10H,5-6,11-16H2,1-4H3,(H,21,22). The molecule has 0 amide bonds. The van der Waals surface area contributed by atoms with Crippen LogP contribution >= 0.6 is 11.8 Å². The Bertz CT molecular complexity index is 551. The molecular formula is C20H33N3O2S. The van der Waals surface area contributed by atoms with Crippen LogP contribution in [0.5, 0.6) is 5.75 Å². The smallest absolute Gasteiger partial charge is 0.193 e. The fraction of sp³-hybridized carbons (Fsp3) is 0.650. The third-order valence-corrected chi connectivity index (χ3v) is 6.10. The van der Waals surface area contributed by atoms with Crippen LogP contribution in [0.15, 0.2) is 29.3 Å². The summed E-state index contributed by atoms with van der Waals surface area (Å²) in [6.07, 6.45) is 2.19. The maximum absolute atomic E-state index is 5.57. The van der Waals surface area contributed by atoms with Gasteiger partial charge in [0.15, 0.2) is 5.96 Å². The van der Waals surface area contributed by atoms with Crippen LogP contribution in [0.4, 0.5) is 0 Å². The van der Waals surface area contributed by atoms with Crippen molar-refractivity contribution in [2.24, 2.45) is 4.99 Å². The lowest BCUT2D eigenvalue weighted by molar-refractivity contribution is 0.0780. The quantitative estimate of drug-likeness (QED) is 0.554. The summed E-state index contributed by atoms with van der Waals surface area (Å²) in [6, 6.07) is 8.28. The van der Waals surface area contributed by atoms with E-state index in [9.17, 15) is 0 Å². The summed E-state index contributed by atoms with van der Waals surface area (Å²) in [5.74, 6) is 2.98. The van der Waals surface area contributed by atoms with Crippen LogP contribution < -0.4 is 10.1 Å². The Labute approximate surface area is 162 Å². The number of guanidine groups is 1. The highest BCUT2D eigenvalue weighted by Gasteiger charge is 2.32. The minimum atomic E-state index is 0.253. The van der Waals surface area contributed by atoms with Crippen molar-refractivity contribution in [3.8, 4) is 5.75 Å². The summed E-state index contributed by atoms with van der Waals surface area (Å²) in [5, 5.41) is 3.59. The van der Waals surface area contributed by atoms with E-state index in [-0.39, 0.29) is 4.75 Å². The van der Waals surface area contributed by atoms with E-state index in [0.717, 1.165) is 56.6 Å². The lowest BCUT2D eigenvalue weighted by Crippen LogP contribution is -2.48. The summed E-state index contributed by atoms with van der Waals surface area (Å²) in [4.78, 5) is 6.64. The Morgan fingerprint density at radius 2 is 1.96 bits per heavy atom. The van der Waals surface area contributed by atoms with E-state index in [1.807, 2.05) is 37.9 Å². The Balaban J connectivity index is 1.92. The number of rotatable bonds is 8. The number of benzene rings is 1. The van der Waals surface area contributed by atoms with E-state index in [1.54, 1.807) is 0 Å². The van der Waals surface area contributed by atoms with Crippen molar-refractivity contribution < 1.29 is 9.47 Å². The Morgan fingerprint density at radius 3 is 2.54 bits per heavy atom. The van der Waals surface area contributed by atoms with Crippen molar-refractivity contribution in [3.05, 3.63) is 29.8 Å². The Kier molecular flexibility index (Phi) is 8.59. The average molecular weight is 380 g/mol. The average Bonchev–Trinajstić information content (AvgIpc) is 2.65. The number of hydrogen-bond acceptors (Lipinski definition) is 4. The summed E-state index contributed by atoms with van der Waals surface area (Å²) in [7, 11) is 3.93. The van der Waals surface area contributed by atoms with Gasteiger partial charge in [0.05, 0.1) is 6.61 Å². The molecule has 0 aromatic heterocycles. The first-order valence-corrected chi connectivity index (χ1v) is 10.5. The predicted octanol–water partition coefficient (Wildman–Crippen LogP) is 3.39. The van der Waals surface area contributed by atoms with Gasteiger partial charge in [0.25, 0.3) is 0 Å². The molecule has 1 aromatic rings. The van der Waals surface area contributed by atoms with E-state index in [4.69, 9.17) is 9.47 Å². The van der Waals surface area contributed by atoms with E-state index in [0.29, 0.717) is 6.61 Å². The molecule has 1 aliphatic heterocycles. The van der Waals surface area contributed by atoms with E-state index >= 15 is 0 Å². The van der Waals surface area contributed by atoms with Crippen molar-refractivity contribution in [2.45, 2.75) is 38.0 Å². The zero-order chi connectivity index (χ0) is 18.8. The first-order chi connectivity index (χ1) is 12.6. The predicted molar refractivity (Wildman–Crippen MR) is 111 cm³/mol. The monoisotopic (exact) mass is 379 g/mol. The fourth-order valence-electron chi connectivity index (χ4n) is 3.25. The SMILES string of the molecule is CCOc1ccc(CN(C)C(=NC)NCC2(SCC)CCOCC2)cc1. The van der Waals surface area contributed by atoms with Crippen molar-refractivity contribution in [2.75, 3.05) is 46.2 Å². The highest BCUT2D eigenvalue weighted by atomic mass is 32.2. The molecule has 0 bridgehead atoms. The third-order valence-electron chi connectivity index (χ3n) is 4.65. The van der Waals surface area contributed by atoms with Crippen molar-refractivity contribution >= 4 is 17.7 Å². The maximum atomic E-state index is 5.57. The fourth-order valence-corrected chi connectivity index (χ4v) is 4.50. The molecule has 0 aliphatic carbocycles. The molecule has 26 heavy (non-hydrogen) atoms. The van der Waals surface area contributed by atoms with Gasteiger partial charge in [-0.15, -0.1) is 0 Å². The van der Waals surface area contributed by atoms with Crippen LogP contribution in [0, 0.1) is 0 Å². The van der Waals surface area contributed by atoms with Gasteiger partial charge in [-0.2, -0.15) is 11.8 Å². The first kappa shape index (κ1) is 20.9. The topological polar surface area (TPSA) is 46.1 Å². The zero-order valence-corrected chi connectivity index (χ0v) is 17.4. The van der Waals surface area contributed by atoms with E-state index in [2.05, 4.69) is 41.3 Å². The minimum absolute atomic E-state index is 0.253. The number of nitrogens with one attached hydrogen (secondary N) is 1. The zero-order valence-electron chi connectivity index (χ0n) is 16.6. The van der Waals surface area contributed by atoms with Gasteiger partial charge in [0.1, 0.15) is 5.75 Å². The summed E-state index contributed by atoms with van der Waals surface area (Å²) in [5.41, 5.74) is 1.24. The highest BCUT2D eigenvalue weighted by molar-refractivity contribution is 8.00. The Hall–Kier alpha value is -1.40. The number of nitrogens with zero attached hydrogens (tertiary/aromatic N) is 2. The molecule has 1 fully saturated rings. The van der Waals surface area contributed by atoms with Crippen LogP contribution in [-0.4, -0.2) is 61.8 Å². The molecule has 0 saturated carbocycles. The number of thioether (sulfide) groups is 1. The van der Waals surface area contributed by atoms with Crippen LogP contribution in [0.1, 0.15) is 32.3 Å². The second-order valence-electron chi connectivity index (χ2n) is 6.56. The molecule has 0 unspecified atom stereocenters. The van der Waals surface area contributed by atoms with Crippen LogP contribution in [0.25, 0.3) is 0 Å². The normalized spacial score (nSPS) is 17.0. The van der Waals surface area contributed by atoms with Gasteiger partial charge in [-0.25, -0.2) is 0 Å². The van der Waals surface area contributed by atoms with E-state index in [1.165, 1.54) is 5.56 Å². The summed E-state index contributed by atoms with van der Waals surface area (Å²) < 4.78 is 11.3. The Morgan fingerprint density at radius 1 is 1.27 bits per heavy atom. The van der Waals surface area contributed by atoms with Gasteiger partial charge in [-0.05, 0) is 43.2 Å². The summed E-state index contributed by atoms with van der Waals surface area (Å²) >= 11 is 2.04. The van der Waals surface area contributed by atoms with Gasteiger partial charge < -0.3 is 19.7 Å². The first-order valence-electron chi connectivity index (χ1n) is 9.47. The molecule has 1 heterocycles. The molecular weight excluding hydrogens is 346 g/mol. The molecule has 0 radical (unpaired) electrons. The van der Waals surface area contributed by atoms with Gasteiger partial charge in [0.2, 0.25) is 0 Å². The molecule has 146 valence electrons. The lowest BCUT2D eigenvalue weighted by Gasteiger charge is -2.37. The minimum Gasteiger partial charge on any atom is -0.494 e. The molecule has 1 aromatic carbocycles. The third kappa shape index (κ3) is 6.09. The number of aliphatic imine (C=N–C) groups is 1. The van der Waals surface area contributed by atoms with Crippen molar-refractivity contribution in [1.29, 1.82) is 0 Å². The van der Waals surface area contributed by atoms with Gasteiger partial charge in [0, 0.05) is 45.1 Å². The largest absolute Gasteiger partial charge is 0.494 e. The molecule has 1 N–H and O–H groups in total. The molecule has 2 rings (SSSR count). The van der Waals surface area contributed by atoms with Crippen molar-refractivity contribution in [3.63, 3.8) is 0 Å². The molecule has 0 spiro atoms. The van der Waals surface area contributed by atoms with Crippen LogP contribution in [0.3, 0.4) is 0 Å². The molecule has 0 atom stereocenters. The van der Waals surface area contributed by atoms with Crippen LogP contribution in [-0.2, 0) is 11.3 Å². The van der Waals surface area contributed by atoms with Crippen molar-refractivity contribution in [1.82, 2.24) is 10.2 Å². The number of hydrogen-bond donors (Lipinski definition) is 1. The number of ether oxygens (including phenoxy) is 2. The lowest BCUT2D eigenvalue weighted by atomic mass is 9.99.